The van der Waals surface area contributed by atoms with Crippen LogP contribution in [0.5, 0.6) is 5.75 Å². The molecule has 156 valence electrons. The van der Waals surface area contributed by atoms with Crippen LogP contribution in [0.1, 0.15) is 27.2 Å². The number of rotatable bonds is 6. The molecule has 0 fully saturated rings. The standard InChI is InChI=1S/C20H14N4O7/c25-16-8-6-13(9-14(16)19(27)28)21-10-12-3-1-11(2-4-12)5-7-15-17(24(30)31)18(26)23-20(29)22-15/h1-10,25H,(H,27,28)(H2,22,23,26,29)/b7-5+,21-10?. The fourth-order valence-corrected chi connectivity index (χ4v) is 2.60. The molecule has 0 atom stereocenters. The first-order chi connectivity index (χ1) is 14.7. The Morgan fingerprint density at radius 1 is 1.03 bits per heavy atom. The lowest BCUT2D eigenvalue weighted by Gasteiger charge is -2.01. The number of aliphatic imine (C=N–C) groups is 1. The topological polar surface area (TPSA) is 179 Å². The second-order valence-electron chi connectivity index (χ2n) is 6.19. The van der Waals surface area contributed by atoms with E-state index in [1.165, 1.54) is 36.6 Å². The van der Waals surface area contributed by atoms with Gasteiger partial charge in [-0.3, -0.25) is 24.9 Å². The fourth-order valence-electron chi connectivity index (χ4n) is 2.60. The number of hydrogen-bond acceptors (Lipinski definition) is 7. The summed E-state index contributed by atoms with van der Waals surface area (Å²) in [6, 6.07) is 10.7. The van der Waals surface area contributed by atoms with Crippen LogP contribution in [0.25, 0.3) is 12.2 Å². The molecule has 4 N–H and O–H groups in total. The SMILES string of the molecule is O=C(O)c1cc(N=Cc2ccc(/C=C/c3[nH]c(=O)[nH]c(=O)c3[N+](=O)[O-])cc2)ccc1O. The van der Waals surface area contributed by atoms with E-state index in [4.69, 9.17) is 5.11 Å². The number of nitrogens with zero attached hydrogens (tertiary/aromatic N) is 2. The van der Waals surface area contributed by atoms with Crippen LogP contribution >= 0.6 is 0 Å². The molecule has 0 saturated heterocycles. The van der Waals surface area contributed by atoms with E-state index >= 15 is 0 Å². The van der Waals surface area contributed by atoms with Crippen molar-refractivity contribution in [3.8, 4) is 5.75 Å². The first kappa shape index (κ1) is 20.9. The highest BCUT2D eigenvalue weighted by Gasteiger charge is 2.18. The monoisotopic (exact) mass is 422 g/mol. The van der Waals surface area contributed by atoms with Gasteiger partial charge in [0.15, 0.2) is 0 Å². The molecular weight excluding hydrogens is 408 g/mol. The zero-order chi connectivity index (χ0) is 22.5. The molecule has 0 aliphatic heterocycles. The van der Waals surface area contributed by atoms with Crippen molar-refractivity contribution < 1.29 is 19.9 Å². The summed E-state index contributed by atoms with van der Waals surface area (Å²) in [4.78, 5) is 52.4. The molecule has 11 heteroatoms. The second kappa shape index (κ2) is 8.69. The molecule has 0 bridgehead atoms. The Balaban J connectivity index is 1.80. The lowest BCUT2D eigenvalue weighted by atomic mass is 10.1. The van der Waals surface area contributed by atoms with Gasteiger partial charge in [0.25, 0.3) is 0 Å². The predicted molar refractivity (Wildman–Crippen MR) is 112 cm³/mol. The summed E-state index contributed by atoms with van der Waals surface area (Å²) in [7, 11) is 0. The lowest BCUT2D eigenvalue weighted by Crippen LogP contribution is -2.25. The van der Waals surface area contributed by atoms with Crippen molar-refractivity contribution >= 4 is 35.7 Å². The minimum absolute atomic E-state index is 0.231. The molecule has 0 aliphatic carbocycles. The predicted octanol–water partition coefficient (Wildman–Crippen LogP) is 2.30. The van der Waals surface area contributed by atoms with Gasteiger partial charge in [0.05, 0.1) is 10.6 Å². The smallest absolute Gasteiger partial charge is 0.357 e. The van der Waals surface area contributed by atoms with E-state index in [9.17, 15) is 29.6 Å². The van der Waals surface area contributed by atoms with Crippen LogP contribution in [0, 0.1) is 10.1 Å². The first-order valence-electron chi connectivity index (χ1n) is 8.64. The number of nitrogens with one attached hydrogen (secondary N) is 2. The Morgan fingerprint density at radius 3 is 2.35 bits per heavy atom. The third-order valence-corrected chi connectivity index (χ3v) is 4.08. The van der Waals surface area contributed by atoms with E-state index in [1.807, 2.05) is 0 Å². The Kier molecular flexibility index (Phi) is 5.87. The highest BCUT2D eigenvalue weighted by molar-refractivity contribution is 5.92. The van der Waals surface area contributed by atoms with Crippen LogP contribution in [-0.2, 0) is 0 Å². The van der Waals surface area contributed by atoms with Crippen LogP contribution in [0.15, 0.2) is 57.0 Å². The molecule has 3 aromatic rings. The molecule has 0 unspecified atom stereocenters. The van der Waals surface area contributed by atoms with Crippen LogP contribution < -0.4 is 11.2 Å². The minimum Gasteiger partial charge on any atom is -0.507 e. The van der Waals surface area contributed by atoms with Gasteiger partial charge >= 0.3 is 22.9 Å². The van der Waals surface area contributed by atoms with Gasteiger partial charge < -0.3 is 15.2 Å². The zero-order valence-electron chi connectivity index (χ0n) is 15.6. The lowest BCUT2D eigenvalue weighted by molar-refractivity contribution is -0.386. The number of aromatic amines is 2. The molecule has 2 aromatic carbocycles. The van der Waals surface area contributed by atoms with E-state index in [-0.39, 0.29) is 17.0 Å². The minimum atomic E-state index is -1.27. The largest absolute Gasteiger partial charge is 0.507 e. The van der Waals surface area contributed by atoms with Crippen LogP contribution in [0.2, 0.25) is 0 Å². The molecule has 0 amide bonds. The van der Waals surface area contributed by atoms with Gasteiger partial charge in [0.1, 0.15) is 17.0 Å². The number of aromatic nitrogens is 2. The molecule has 31 heavy (non-hydrogen) atoms. The normalized spacial score (nSPS) is 11.2. The summed E-state index contributed by atoms with van der Waals surface area (Å²) in [5.74, 6) is -1.63. The Bertz CT molecular complexity index is 1330. The van der Waals surface area contributed by atoms with E-state index in [2.05, 4.69) is 9.98 Å². The van der Waals surface area contributed by atoms with Crippen LogP contribution in [0.3, 0.4) is 0 Å². The first-order valence-corrected chi connectivity index (χ1v) is 8.64. The van der Waals surface area contributed by atoms with Gasteiger partial charge in [-0.15, -0.1) is 0 Å². The summed E-state index contributed by atoms with van der Waals surface area (Å²) >= 11 is 0. The highest BCUT2D eigenvalue weighted by atomic mass is 16.6. The van der Waals surface area contributed by atoms with Gasteiger partial charge in [-0.25, -0.2) is 9.59 Å². The number of carboxylic acid groups (broad SMARTS) is 1. The van der Waals surface area contributed by atoms with Crippen LogP contribution in [0.4, 0.5) is 11.4 Å². The number of H-pyrrole nitrogens is 2. The van der Waals surface area contributed by atoms with E-state index in [1.54, 1.807) is 29.2 Å². The van der Waals surface area contributed by atoms with E-state index in [0.717, 1.165) is 0 Å². The molecule has 1 heterocycles. The number of aromatic hydroxyl groups is 1. The number of nitro groups is 1. The van der Waals surface area contributed by atoms with Crippen molar-refractivity contribution in [2.45, 2.75) is 0 Å². The van der Waals surface area contributed by atoms with Gasteiger partial charge in [-0.2, -0.15) is 0 Å². The molecule has 0 saturated carbocycles. The third-order valence-electron chi connectivity index (χ3n) is 4.08. The summed E-state index contributed by atoms with van der Waals surface area (Å²) in [5, 5.41) is 29.6. The van der Waals surface area contributed by atoms with Crippen molar-refractivity contribution in [3.05, 3.63) is 95.8 Å². The molecule has 3 rings (SSSR count). The van der Waals surface area contributed by atoms with Gasteiger partial charge in [0, 0.05) is 6.21 Å². The fraction of sp³-hybridized carbons (Fsp3) is 0. The Morgan fingerprint density at radius 2 is 1.71 bits per heavy atom. The number of aromatic carboxylic acids is 1. The third kappa shape index (κ3) is 4.98. The van der Waals surface area contributed by atoms with Gasteiger partial charge in [0.2, 0.25) is 0 Å². The number of benzene rings is 2. The summed E-state index contributed by atoms with van der Waals surface area (Å²) < 4.78 is 0. The quantitative estimate of drug-likeness (QED) is 0.267. The van der Waals surface area contributed by atoms with E-state index < -0.39 is 27.8 Å². The number of carbonyl (C=O) groups is 1. The summed E-state index contributed by atoms with van der Waals surface area (Å²) in [6.07, 6.45) is 4.23. The molecule has 0 radical (unpaired) electrons. The number of phenols is 1. The summed E-state index contributed by atoms with van der Waals surface area (Å²) in [6.45, 7) is 0. The maximum Gasteiger partial charge on any atom is 0.357 e. The van der Waals surface area contributed by atoms with Crippen molar-refractivity contribution in [1.82, 2.24) is 9.97 Å². The van der Waals surface area contributed by atoms with Crippen molar-refractivity contribution in [2.75, 3.05) is 0 Å². The second-order valence-corrected chi connectivity index (χ2v) is 6.19. The molecular formula is C20H14N4O7. The highest BCUT2D eigenvalue weighted by Crippen LogP contribution is 2.23. The molecule has 1 aromatic heterocycles. The van der Waals surface area contributed by atoms with Crippen molar-refractivity contribution in [1.29, 1.82) is 0 Å². The van der Waals surface area contributed by atoms with Gasteiger partial charge in [-0.1, -0.05) is 30.3 Å². The average molecular weight is 422 g/mol. The van der Waals surface area contributed by atoms with Crippen molar-refractivity contribution in [3.63, 3.8) is 0 Å². The van der Waals surface area contributed by atoms with Crippen LogP contribution in [-0.4, -0.2) is 37.3 Å². The van der Waals surface area contributed by atoms with Crippen molar-refractivity contribution in [2.24, 2.45) is 4.99 Å². The van der Waals surface area contributed by atoms with Gasteiger partial charge in [-0.05, 0) is 35.4 Å². The average Bonchev–Trinajstić information content (AvgIpc) is 2.71. The Hall–Kier alpha value is -4.80. The molecule has 0 aliphatic rings. The van der Waals surface area contributed by atoms with E-state index in [0.29, 0.717) is 16.8 Å². The molecule has 11 nitrogen and oxygen atoms in total. The summed E-state index contributed by atoms with van der Waals surface area (Å²) in [5.41, 5.74) is -1.57. The number of hydrogen-bond donors (Lipinski definition) is 4. The number of carboxylic acids is 1. The molecule has 0 spiro atoms. The Labute approximate surface area is 172 Å². The maximum atomic E-state index is 11.6. The maximum absolute atomic E-state index is 11.6. The zero-order valence-corrected chi connectivity index (χ0v) is 15.6.